The van der Waals surface area contributed by atoms with Crippen molar-refractivity contribution < 1.29 is 9.47 Å². The van der Waals surface area contributed by atoms with Crippen LogP contribution in [-0.4, -0.2) is 32.8 Å². The van der Waals surface area contributed by atoms with Crippen molar-refractivity contribution in [3.05, 3.63) is 59.7 Å². The number of hydrazine groups is 1. The second-order valence-electron chi connectivity index (χ2n) is 6.76. The van der Waals surface area contributed by atoms with Crippen LogP contribution in [0.3, 0.4) is 0 Å². The molecule has 1 fully saturated rings. The molecule has 0 amide bonds. The van der Waals surface area contributed by atoms with Crippen molar-refractivity contribution in [1.29, 1.82) is 0 Å². The van der Waals surface area contributed by atoms with E-state index in [0.29, 0.717) is 18.0 Å². The summed E-state index contributed by atoms with van der Waals surface area (Å²) in [6, 6.07) is 17.3. The molecule has 2 aliphatic heterocycles. The number of rotatable bonds is 5. The highest BCUT2D eigenvalue weighted by Crippen LogP contribution is 2.27. The molecule has 2 aromatic rings. The second-order valence-corrected chi connectivity index (χ2v) is 6.76. The van der Waals surface area contributed by atoms with Gasteiger partial charge in [0.05, 0.1) is 13.2 Å². The lowest BCUT2D eigenvalue weighted by atomic mass is 9.94. The minimum absolute atomic E-state index is 0.301. The average Bonchev–Trinajstić information content (AvgIpc) is 3.15. The molecule has 2 aromatic carbocycles. The van der Waals surface area contributed by atoms with Crippen molar-refractivity contribution in [2.24, 2.45) is 5.92 Å². The Kier molecular flexibility index (Phi) is 4.88. The number of methoxy groups -OCH3 is 1. The maximum Gasteiger partial charge on any atom is 0.122 e. The van der Waals surface area contributed by atoms with Gasteiger partial charge in [-0.3, -0.25) is 5.43 Å². The van der Waals surface area contributed by atoms with Crippen LogP contribution in [0.5, 0.6) is 11.5 Å². The highest BCUT2D eigenvalue weighted by Gasteiger charge is 2.29. The molecule has 3 unspecified atom stereocenters. The van der Waals surface area contributed by atoms with E-state index < -0.39 is 0 Å². The molecule has 25 heavy (non-hydrogen) atoms. The summed E-state index contributed by atoms with van der Waals surface area (Å²) >= 11 is 0. The van der Waals surface area contributed by atoms with Gasteiger partial charge in [-0.25, -0.2) is 5.43 Å². The molecule has 5 nitrogen and oxygen atoms in total. The number of nitrogens with one attached hydrogen (secondary N) is 3. The molecule has 132 valence electrons. The van der Waals surface area contributed by atoms with Crippen LogP contribution in [0.25, 0.3) is 0 Å². The zero-order valence-corrected chi connectivity index (χ0v) is 14.5. The van der Waals surface area contributed by atoms with Crippen LogP contribution >= 0.6 is 0 Å². The number of benzene rings is 2. The first-order valence-corrected chi connectivity index (χ1v) is 8.90. The highest BCUT2D eigenvalue weighted by molar-refractivity contribution is 5.35. The molecule has 3 atom stereocenters. The molecule has 5 heteroatoms. The Labute approximate surface area is 148 Å². The van der Waals surface area contributed by atoms with Crippen molar-refractivity contribution in [2.75, 3.05) is 26.8 Å². The summed E-state index contributed by atoms with van der Waals surface area (Å²) in [7, 11) is 1.70. The quantitative estimate of drug-likeness (QED) is 0.778. The maximum atomic E-state index is 5.88. The maximum absolute atomic E-state index is 5.88. The number of para-hydroxylation sites is 1. The Bertz CT molecular complexity index is 704. The Balaban J connectivity index is 1.35. The van der Waals surface area contributed by atoms with E-state index in [9.17, 15) is 0 Å². The molecule has 0 radical (unpaired) electrons. The standard InChI is InChI=1S/C20H25N3O2/c1-24-18-8-6-14(7-9-18)20-16(12-22-23-20)11-21-17-10-15-4-2-3-5-19(15)25-13-17/h2-9,16-17,20-23H,10-13H2,1H3. The average molecular weight is 339 g/mol. The van der Waals surface area contributed by atoms with E-state index in [2.05, 4.69) is 46.5 Å². The summed E-state index contributed by atoms with van der Waals surface area (Å²) in [5.41, 5.74) is 9.27. The van der Waals surface area contributed by atoms with Crippen LogP contribution < -0.4 is 25.6 Å². The van der Waals surface area contributed by atoms with Crippen molar-refractivity contribution in [1.82, 2.24) is 16.2 Å². The topological polar surface area (TPSA) is 54.5 Å². The van der Waals surface area contributed by atoms with Crippen LogP contribution in [0.2, 0.25) is 0 Å². The van der Waals surface area contributed by atoms with Crippen molar-refractivity contribution >= 4 is 0 Å². The van der Waals surface area contributed by atoms with Crippen LogP contribution in [-0.2, 0) is 6.42 Å². The predicted molar refractivity (Wildman–Crippen MR) is 97.8 cm³/mol. The third-order valence-corrected chi connectivity index (χ3v) is 5.12. The summed E-state index contributed by atoms with van der Waals surface area (Å²) in [6.45, 7) is 2.64. The molecule has 2 aliphatic rings. The molecule has 0 spiro atoms. The third-order valence-electron chi connectivity index (χ3n) is 5.12. The highest BCUT2D eigenvalue weighted by atomic mass is 16.5. The number of fused-ring (bicyclic) bond motifs is 1. The molecule has 4 rings (SSSR count). The van der Waals surface area contributed by atoms with E-state index in [0.717, 1.165) is 37.6 Å². The zero-order valence-electron chi connectivity index (χ0n) is 14.5. The molecule has 0 bridgehead atoms. The SMILES string of the molecule is COc1ccc(C2NNCC2CNC2COc3ccccc3C2)cc1. The van der Waals surface area contributed by atoms with E-state index in [1.54, 1.807) is 7.11 Å². The minimum Gasteiger partial charge on any atom is -0.497 e. The van der Waals surface area contributed by atoms with Gasteiger partial charge < -0.3 is 14.8 Å². The third kappa shape index (κ3) is 3.63. The van der Waals surface area contributed by atoms with Gasteiger partial charge in [0.1, 0.15) is 18.1 Å². The van der Waals surface area contributed by atoms with Gasteiger partial charge in [0.25, 0.3) is 0 Å². The zero-order chi connectivity index (χ0) is 17.1. The van der Waals surface area contributed by atoms with Gasteiger partial charge in [-0.2, -0.15) is 0 Å². The van der Waals surface area contributed by atoms with Gasteiger partial charge in [0.15, 0.2) is 0 Å². The van der Waals surface area contributed by atoms with E-state index in [-0.39, 0.29) is 0 Å². The van der Waals surface area contributed by atoms with E-state index in [1.807, 2.05) is 18.2 Å². The van der Waals surface area contributed by atoms with Gasteiger partial charge >= 0.3 is 0 Å². The molecular formula is C20H25N3O2. The van der Waals surface area contributed by atoms with Crippen LogP contribution in [0.4, 0.5) is 0 Å². The Morgan fingerprint density at radius 3 is 2.84 bits per heavy atom. The van der Waals surface area contributed by atoms with Gasteiger partial charge in [-0.05, 0) is 35.7 Å². The summed E-state index contributed by atoms with van der Waals surface area (Å²) < 4.78 is 11.1. The van der Waals surface area contributed by atoms with Crippen LogP contribution in [0.15, 0.2) is 48.5 Å². The molecular weight excluding hydrogens is 314 g/mol. The van der Waals surface area contributed by atoms with E-state index in [1.165, 1.54) is 11.1 Å². The number of hydrogen-bond donors (Lipinski definition) is 3. The van der Waals surface area contributed by atoms with Crippen molar-refractivity contribution in [3.63, 3.8) is 0 Å². The molecule has 3 N–H and O–H groups in total. The molecule has 0 aliphatic carbocycles. The summed E-state index contributed by atoms with van der Waals surface area (Å²) in [5.74, 6) is 2.41. The Hall–Kier alpha value is -2.08. The Morgan fingerprint density at radius 2 is 2.00 bits per heavy atom. The number of hydrogen-bond acceptors (Lipinski definition) is 5. The molecule has 0 aromatic heterocycles. The van der Waals surface area contributed by atoms with Crippen LogP contribution in [0.1, 0.15) is 17.2 Å². The van der Waals surface area contributed by atoms with Crippen LogP contribution in [0, 0.1) is 5.92 Å². The predicted octanol–water partition coefficient (Wildman–Crippen LogP) is 2.05. The van der Waals surface area contributed by atoms with E-state index in [4.69, 9.17) is 9.47 Å². The van der Waals surface area contributed by atoms with Crippen molar-refractivity contribution in [3.8, 4) is 11.5 Å². The lowest BCUT2D eigenvalue weighted by Gasteiger charge is -2.28. The van der Waals surface area contributed by atoms with Gasteiger partial charge in [0.2, 0.25) is 0 Å². The van der Waals surface area contributed by atoms with Gasteiger partial charge in [-0.15, -0.1) is 0 Å². The molecule has 1 saturated heterocycles. The first kappa shape index (κ1) is 16.4. The number of ether oxygens (including phenoxy) is 2. The van der Waals surface area contributed by atoms with Gasteiger partial charge in [-0.1, -0.05) is 30.3 Å². The second kappa shape index (κ2) is 7.44. The first-order chi connectivity index (χ1) is 12.3. The van der Waals surface area contributed by atoms with Crippen molar-refractivity contribution in [2.45, 2.75) is 18.5 Å². The molecule has 0 saturated carbocycles. The fourth-order valence-corrected chi connectivity index (χ4v) is 3.67. The largest absolute Gasteiger partial charge is 0.497 e. The lowest BCUT2D eigenvalue weighted by molar-refractivity contribution is 0.232. The first-order valence-electron chi connectivity index (χ1n) is 8.90. The van der Waals surface area contributed by atoms with Gasteiger partial charge in [0, 0.05) is 25.0 Å². The Morgan fingerprint density at radius 1 is 1.16 bits per heavy atom. The lowest BCUT2D eigenvalue weighted by Crippen LogP contribution is -2.42. The fraction of sp³-hybridized carbons (Fsp3) is 0.400. The molecule has 2 heterocycles. The van der Waals surface area contributed by atoms with E-state index >= 15 is 0 Å². The minimum atomic E-state index is 0.301. The summed E-state index contributed by atoms with van der Waals surface area (Å²) in [6.07, 6.45) is 1.02. The monoisotopic (exact) mass is 339 g/mol. The normalized spacial score (nSPS) is 25.2. The smallest absolute Gasteiger partial charge is 0.122 e. The summed E-state index contributed by atoms with van der Waals surface area (Å²) in [5, 5.41) is 3.70. The summed E-state index contributed by atoms with van der Waals surface area (Å²) in [4.78, 5) is 0. The fourth-order valence-electron chi connectivity index (χ4n) is 3.67.